The number of carboxylic acid groups (broad SMARTS) is 3. The van der Waals surface area contributed by atoms with Gasteiger partial charge in [-0.1, -0.05) is 30.3 Å². The number of carbonyl (C=O) groups is 8. The Morgan fingerprint density at radius 3 is 0.788 bits per heavy atom. The number of aliphatic hydroxyl groups excluding tert-OH is 4. The van der Waals surface area contributed by atoms with E-state index in [1.807, 2.05) is 0 Å². The minimum absolute atomic E-state index is 0.311. The number of aliphatic carboxylic acids is 3. The maximum absolute atomic E-state index is 12.4. The molecule has 0 radical (unpaired) electrons. The van der Waals surface area contributed by atoms with E-state index >= 15 is 0 Å². The van der Waals surface area contributed by atoms with Crippen molar-refractivity contribution in [1.29, 1.82) is 0 Å². The van der Waals surface area contributed by atoms with Crippen LogP contribution in [0.15, 0.2) is 121 Å². The molecule has 0 aromatic heterocycles. The molecule has 99 heavy (non-hydrogen) atoms. The largest absolute Gasteiger partial charge is 0.504 e. The maximum Gasteiger partial charge on any atom is 0.335 e. The summed E-state index contributed by atoms with van der Waals surface area (Å²) < 4.78 is 25.6. The summed E-state index contributed by atoms with van der Waals surface area (Å²) in [5.41, 5.74) is -5.60. The number of phenolic OH excluding ortho intramolecular Hbond substituents is 10. The zero-order valence-corrected chi connectivity index (χ0v) is 51.1. The van der Waals surface area contributed by atoms with E-state index in [2.05, 4.69) is 0 Å². The second-order valence-corrected chi connectivity index (χ2v) is 22.6. The van der Waals surface area contributed by atoms with Gasteiger partial charge >= 0.3 is 47.8 Å². The van der Waals surface area contributed by atoms with E-state index in [0.29, 0.717) is 27.8 Å². The van der Waals surface area contributed by atoms with Gasteiger partial charge in [-0.2, -0.15) is 0 Å². The van der Waals surface area contributed by atoms with Crippen molar-refractivity contribution in [2.24, 2.45) is 0 Å². The highest BCUT2D eigenvalue weighted by Crippen LogP contribution is 2.37. The monoisotopic (exact) mass is 1390 g/mol. The molecule has 3 aliphatic carbocycles. The molecular formula is C66H66O33. The molecule has 0 heterocycles. The normalized spacial score (nSPS) is 25.1. The van der Waals surface area contributed by atoms with E-state index in [0.717, 1.165) is 36.4 Å². The number of phenols is 10. The molecule has 0 unspecified atom stereocenters. The molecule has 33 nitrogen and oxygen atoms in total. The standard InChI is InChI=1S/2C25H24O12.C16H18O9/c26-15-5-1-13(9-17(15)28)3-7-21(30)36-19-11-25(35,24(33)34)12-20(23(19)32)37-22(31)8-4-14-2-6-16(27)18(29)10-14;26-15-5-1-13(9-17(15)28)3-7-21(31)36-20-12-25(35,24(33)34)11-19(30)23(20)37-22(32)8-4-14-2-6-16(27)18(29)10-14;17-9-3-1-8(5-10(9)18)2-4-13(20)25-12-7-16(24,15(22)23)6-11(19)14(12)21/h1-10,19-20,23,26-29,32,35H,11-12H2,(H,33,34);1-10,19-20,23,26-30,35H,11-12H2,(H,33,34);1-5,11-12,14,17-19,21,24H,6-7H2,(H,22,23)/b2*7-3+,8-4+;4-2+/t19-,20-,23?,25?;19-,20-,23+,25-;11-,12-,14+,16-/m111/s1. The van der Waals surface area contributed by atoms with Gasteiger partial charge in [0.05, 0.1) is 12.2 Å². The minimum atomic E-state index is -2.48. The van der Waals surface area contributed by atoms with Crippen molar-refractivity contribution in [3.05, 3.63) is 149 Å². The molecule has 0 amide bonds. The van der Waals surface area contributed by atoms with Crippen LogP contribution < -0.4 is 0 Å². The molecule has 0 bridgehead atoms. The molecular weight excluding hydrogens is 1320 g/mol. The maximum atomic E-state index is 12.4. The van der Waals surface area contributed by atoms with E-state index in [9.17, 15) is 135 Å². The Bertz CT molecular complexity index is 3900. The molecule has 3 saturated carbocycles. The number of carboxylic acids is 3. The molecule has 3 fully saturated rings. The number of hydrogen-bond donors (Lipinski definition) is 20. The third-order valence-corrected chi connectivity index (χ3v) is 15.1. The number of esters is 5. The van der Waals surface area contributed by atoms with Crippen LogP contribution in [0.2, 0.25) is 0 Å². The number of carbonyl (C=O) groups excluding carboxylic acids is 5. The smallest absolute Gasteiger partial charge is 0.335 e. The minimum Gasteiger partial charge on any atom is -0.504 e. The van der Waals surface area contributed by atoms with Crippen molar-refractivity contribution < 1.29 is 164 Å². The fourth-order valence-corrected chi connectivity index (χ4v) is 9.81. The highest BCUT2D eigenvalue weighted by Gasteiger charge is 2.54. The van der Waals surface area contributed by atoms with Gasteiger partial charge in [-0.25, -0.2) is 38.4 Å². The van der Waals surface area contributed by atoms with Crippen molar-refractivity contribution in [1.82, 2.24) is 0 Å². The number of aliphatic hydroxyl groups is 7. The lowest BCUT2D eigenvalue weighted by molar-refractivity contribution is -0.204. The molecule has 0 saturated heterocycles. The van der Waals surface area contributed by atoms with Gasteiger partial charge in [0.1, 0.15) is 36.6 Å². The molecule has 5 aromatic rings. The molecule has 20 N–H and O–H groups in total. The van der Waals surface area contributed by atoms with Gasteiger partial charge in [-0.3, -0.25) is 0 Å². The van der Waals surface area contributed by atoms with Crippen LogP contribution >= 0.6 is 0 Å². The van der Waals surface area contributed by atoms with Gasteiger partial charge in [-0.15, -0.1) is 0 Å². The zero-order valence-electron chi connectivity index (χ0n) is 51.1. The van der Waals surface area contributed by atoms with Crippen LogP contribution in [-0.2, 0) is 62.0 Å². The van der Waals surface area contributed by atoms with Crippen molar-refractivity contribution in [3.8, 4) is 57.5 Å². The van der Waals surface area contributed by atoms with E-state index in [1.165, 1.54) is 115 Å². The van der Waals surface area contributed by atoms with Crippen LogP contribution in [0, 0.1) is 0 Å². The Kier molecular flexibility index (Phi) is 25.3. The fraction of sp³-hybridized carbons (Fsp3) is 0.273. The molecule has 5 aromatic carbocycles. The predicted octanol–water partition coefficient (Wildman–Crippen LogP) is 1.41. The van der Waals surface area contributed by atoms with Gasteiger partial charge in [-0.05, 0) is 119 Å². The average molecular weight is 1390 g/mol. The van der Waals surface area contributed by atoms with Gasteiger partial charge < -0.3 is 126 Å². The first-order valence-electron chi connectivity index (χ1n) is 29.0. The first-order chi connectivity index (χ1) is 46.4. The Morgan fingerprint density at radius 2 is 0.525 bits per heavy atom. The topological polar surface area (TPSA) is 587 Å². The van der Waals surface area contributed by atoms with Crippen LogP contribution in [0.1, 0.15) is 66.3 Å². The fourth-order valence-electron chi connectivity index (χ4n) is 9.81. The van der Waals surface area contributed by atoms with Crippen LogP contribution in [0.25, 0.3) is 30.4 Å². The van der Waals surface area contributed by atoms with Gasteiger partial charge in [0.2, 0.25) is 0 Å². The van der Waals surface area contributed by atoms with Crippen LogP contribution in [-0.4, -0.2) is 222 Å². The van der Waals surface area contributed by atoms with Crippen LogP contribution in [0.4, 0.5) is 0 Å². The Hall–Kier alpha value is -11.7. The highest BCUT2D eigenvalue weighted by molar-refractivity contribution is 5.91. The average Bonchev–Trinajstić information content (AvgIpc) is 0.797. The Balaban J connectivity index is 0.000000239. The summed E-state index contributed by atoms with van der Waals surface area (Å²) in [6.45, 7) is 0. The van der Waals surface area contributed by atoms with Gasteiger partial charge in [0.25, 0.3) is 0 Å². The summed E-state index contributed by atoms with van der Waals surface area (Å²) in [4.78, 5) is 95.5. The summed E-state index contributed by atoms with van der Waals surface area (Å²) in [5.74, 6) is -13.8. The summed E-state index contributed by atoms with van der Waals surface area (Å²) in [6, 6.07) is 18.8. The number of ether oxygens (including phenoxy) is 5. The van der Waals surface area contributed by atoms with Crippen LogP contribution in [0.3, 0.4) is 0 Å². The predicted molar refractivity (Wildman–Crippen MR) is 333 cm³/mol. The summed E-state index contributed by atoms with van der Waals surface area (Å²) in [7, 11) is 0. The number of rotatable bonds is 18. The van der Waals surface area contributed by atoms with Crippen molar-refractivity contribution in [2.75, 3.05) is 0 Å². The van der Waals surface area contributed by atoms with E-state index in [1.54, 1.807) is 0 Å². The molecule has 8 rings (SSSR count). The summed E-state index contributed by atoms with van der Waals surface area (Å²) in [6.07, 6.45) is -7.16. The highest BCUT2D eigenvalue weighted by atomic mass is 16.6. The second kappa shape index (κ2) is 32.8. The first-order valence-corrected chi connectivity index (χ1v) is 29.0. The zero-order chi connectivity index (χ0) is 73.4. The van der Waals surface area contributed by atoms with E-state index in [4.69, 9.17) is 28.8 Å². The number of benzene rings is 5. The lowest BCUT2D eigenvalue weighted by Gasteiger charge is -2.40. The number of aromatic hydroxyl groups is 10. The molecule has 528 valence electrons. The van der Waals surface area contributed by atoms with E-state index < -0.39 is 181 Å². The van der Waals surface area contributed by atoms with Gasteiger partial charge in [0, 0.05) is 68.9 Å². The molecule has 0 spiro atoms. The first kappa shape index (κ1) is 76.3. The molecule has 3 aliphatic rings. The number of hydrogen-bond acceptors (Lipinski definition) is 30. The Morgan fingerprint density at radius 1 is 0.303 bits per heavy atom. The SMILES string of the molecule is O=C(/C=C/c1ccc(O)c(O)c1)O[C@@H]1CC(O)(C(=O)O)C[C@@H](OC(=O)/C=C/c2ccc(O)c(O)c2)C1O.O=C(/C=C/c1ccc(O)c(O)c1)O[C@@H]1C[C@@](O)(C(=O)O)C[C@@H](O)[C@@H]1O.O=C(/C=C/c1ccc(O)c(O)c1)O[C@H]1[C@H](O)C[C@](O)(C(=O)O)C[C@H]1OC(=O)/C=C/c1ccc(O)c(O)c1. The summed E-state index contributed by atoms with van der Waals surface area (Å²) in [5, 5.41) is 193. The molecule has 0 aliphatic heterocycles. The van der Waals surface area contributed by atoms with E-state index in [-0.39, 0.29) is 34.5 Å². The summed E-state index contributed by atoms with van der Waals surface area (Å²) >= 11 is 0. The van der Waals surface area contributed by atoms with Crippen LogP contribution in [0.5, 0.6) is 57.5 Å². The third-order valence-electron chi connectivity index (χ3n) is 15.1. The molecule has 33 heteroatoms. The lowest BCUT2D eigenvalue weighted by Crippen LogP contribution is -2.58. The van der Waals surface area contributed by atoms with Gasteiger partial charge in [0.15, 0.2) is 80.4 Å². The van der Waals surface area contributed by atoms with Crippen molar-refractivity contribution >= 4 is 78.1 Å². The second-order valence-electron chi connectivity index (χ2n) is 22.6. The quantitative estimate of drug-likeness (QED) is 0.0255. The van der Waals surface area contributed by atoms with Crippen molar-refractivity contribution in [2.45, 2.75) is 110 Å². The van der Waals surface area contributed by atoms with Crippen molar-refractivity contribution in [3.63, 3.8) is 0 Å². The molecule has 10 atom stereocenters. The third kappa shape index (κ3) is 21.1. The Labute approximate surface area is 557 Å². The lowest BCUT2D eigenvalue weighted by atomic mass is 9.79.